The van der Waals surface area contributed by atoms with Gasteiger partial charge in [0.25, 0.3) is 0 Å². The van der Waals surface area contributed by atoms with E-state index in [1.165, 1.54) is 13.5 Å². The first-order chi connectivity index (χ1) is 17.9. The van der Waals surface area contributed by atoms with Crippen molar-refractivity contribution in [2.45, 2.75) is 91.0 Å². The fraction of sp³-hybridized carbons (Fsp3) is 0.600. The maximum atomic E-state index is 13.3. The number of aromatic nitrogens is 1. The number of rotatable bonds is 8. The number of hydrogen-bond donors (Lipinski definition) is 0. The van der Waals surface area contributed by atoms with Gasteiger partial charge in [0.05, 0.1) is 18.8 Å². The molecule has 1 aromatic heterocycles. The first kappa shape index (κ1) is 27.0. The molecule has 4 fully saturated rings. The molecule has 8 heteroatoms. The molecule has 3 aliphatic carbocycles. The SMILES string of the molecule is COc1ncc(CCB2OC3CC4CC(C4(C)C)[C@]3(C)O2)c(OCc2ccccc2)c1C(=O)OC(C)(C)C. The average Bonchev–Trinajstić information content (AvgIpc) is 3.21. The summed E-state index contributed by atoms with van der Waals surface area (Å²) in [7, 11) is 1.18. The Morgan fingerprint density at radius 3 is 2.55 bits per heavy atom. The van der Waals surface area contributed by atoms with Crippen LogP contribution < -0.4 is 9.47 Å². The van der Waals surface area contributed by atoms with Crippen LogP contribution in [0, 0.1) is 17.3 Å². The monoisotopic (exact) mass is 521 g/mol. The predicted molar refractivity (Wildman–Crippen MR) is 145 cm³/mol. The van der Waals surface area contributed by atoms with E-state index >= 15 is 0 Å². The van der Waals surface area contributed by atoms with Gasteiger partial charge in [0.2, 0.25) is 5.88 Å². The van der Waals surface area contributed by atoms with Gasteiger partial charge in [-0.3, -0.25) is 0 Å². The lowest BCUT2D eigenvalue weighted by Gasteiger charge is -2.64. The van der Waals surface area contributed by atoms with E-state index in [9.17, 15) is 4.79 Å². The highest BCUT2D eigenvalue weighted by molar-refractivity contribution is 6.45. The molecular weight excluding hydrogens is 481 g/mol. The summed E-state index contributed by atoms with van der Waals surface area (Å²) in [5, 5.41) is 0. The standard InChI is InChI=1S/C30H40BNO6/c1-28(2,3)36-27(33)24-25(35-18-19-11-9-8-10-12-19)20(17-32-26(24)34-7)13-14-31-37-23-16-21-15-22(29(21,4)5)30(23,6)38-31/h8-12,17,21-23H,13-16,18H2,1-7H3/t21?,22?,23?,30-/m0/s1. The zero-order chi connectivity index (χ0) is 27.3. The maximum Gasteiger partial charge on any atom is 0.457 e. The quantitative estimate of drug-likeness (QED) is 0.317. The summed E-state index contributed by atoms with van der Waals surface area (Å²) < 4.78 is 30.6. The van der Waals surface area contributed by atoms with E-state index in [1.54, 1.807) is 6.20 Å². The Labute approximate surface area is 226 Å². The number of hydrogen-bond acceptors (Lipinski definition) is 7. The van der Waals surface area contributed by atoms with Crippen LogP contribution >= 0.6 is 0 Å². The van der Waals surface area contributed by atoms with Crippen LogP contribution in [0.15, 0.2) is 36.5 Å². The zero-order valence-corrected chi connectivity index (χ0v) is 23.7. The highest BCUT2D eigenvalue weighted by Crippen LogP contribution is 2.65. The number of methoxy groups -OCH3 is 1. The third-order valence-electron chi connectivity index (χ3n) is 8.74. The molecule has 204 valence electrons. The summed E-state index contributed by atoms with van der Waals surface area (Å²) in [4.78, 5) is 17.8. The van der Waals surface area contributed by atoms with Crippen molar-refractivity contribution in [2.24, 2.45) is 17.3 Å². The van der Waals surface area contributed by atoms with Crippen molar-refractivity contribution in [1.82, 2.24) is 4.98 Å². The van der Waals surface area contributed by atoms with Crippen molar-refractivity contribution < 1.29 is 28.3 Å². The maximum absolute atomic E-state index is 13.3. The van der Waals surface area contributed by atoms with Crippen LogP contribution in [0.25, 0.3) is 0 Å². The molecule has 0 N–H and O–H groups in total. The Bertz CT molecular complexity index is 1180. The summed E-state index contributed by atoms with van der Waals surface area (Å²) in [5.74, 6) is 1.30. The van der Waals surface area contributed by atoms with Gasteiger partial charge in [0, 0.05) is 11.8 Å². The molecular formula is C30H40BNO6. The minimum absolute atomic E-state index is 0.129. The molecule has 0 spiro atoms. The van der Waals surface area contributed by atoms with Crippen LogP contribution in [0.1, 0.15) is 75.9 Å². The fourth-order valence-corrected chi connectivity index (χ4v) is 6.60. The van der Waals surface area contributed by atoms with Gasteiger partial charge in [-0.1, -0.05) is 44.2 Å². The van der Waals surface area contributed by atoms with Crippen LogP contribution in [0.2, 0.25) is 6.32 Å². The number of carbonyl (C=O) groups excluding carboxylic acids is 1. The van der Waals surface area contributed by atoms with Crippen LogP contribution in [0.3, 0.4) is 0 Å². The van der Waals surface area contributed by atoms with E-state index in [-0.39, 0.29) is 30.3 Å². The van der Waals surface area contributed by atoms with Gasteiger partial charge in [0.1, 0.15) is 18.0 Å². The smallest absolute Gasteiger partial charge is 0.457 e. The van der Waals surface area contributed by atoms with E-state index in [0.717, 1.165) is 17.5 Å². The van der Waals surface area contributed by atoms with Crippen LogP contribution in [-0.4, -0.2) is 42.5 Å². The Kier molecular flexibility index (Phi) is 7.02. The Morgan fingerprint density at radius 2 is 1.89 bits per heavy atom. The Morgan fingerprint density at radius 1 is 1.16 bits per heavy atom. The molecule has 2 bridgehead atoms. The molecule has 6 rings (SSSR count). The van der Waals surface area contributed by atoms with E-state index in [2.05, 4.69) is 25.8 Å². The second-order valence-electron chi connectivity index (χ2n) is 12.7. The van der Waals surface area contributed by atoms with E-state index in [0.29, 0.717) is 42.3 Å². The predicted octanol–water partition coefficient (Wildman–Crippen LogP) is 5.90. The average molecular weight is 521 g/mol. The topological polar surface area (TPSA) is 76.1 Å². The normalized spacial score (nSPS) is 27.3. The number of benzene rings is 1. The van der Waals surface area contributed by atoms with E-state index in [4.69, 9.17) is 23.5 Å². The van der Waals surface area contributed by atoms with Crippen molar-refractivity contribution >= 4 is 13.1 Å². The lowest BCUT2D eigenvalue weighted by atomic mass is 9.43. The number of ether oxygens (including phenoxy) is 3. The number of carbonyl (C=O) groups is 1. The molecule has 1 aliphatic heterocycles. The van der Waals surface area contributed by atoms with Crippen molar-refractivity contribution in [1.29, 1.82) is 0 Å². The highest BCUT2D eigenvalue weighted by Gasteiger charge is 2.67. The summed E-state index contributed by atoms with van der Waals surface area (Å²) in [6, 6.07) is 9.85. The molecule has 2 heterocycles. The van der Waals surface area contributed by atoms with Crippen molar-refractivity contribution in [3.05, 3.63) is 53.2 Å². The molecule has 1 aromatic carbocycles. The van der Waals surface area contributed by atoms with Crippen molar-refractivity contribution in [2.75, 3.05) is 7.11 Å². The molecule has 3 saturated carbocycles. The number of aryl methyl sites for hydroxylation is 1. The molecule has 7 nitrogen and oxygen atoms in total. The van der Waals surface area contributed by atoms with Gasteiger partial charge in [-0.05, 0) is 76.1 Å². The number of nitrogens with zero attached hydrogens (tertiary/aromatic N) is 1. The van der Waals surface area contributed by atoms with Gasteiger partial charge >= 0.3 is 13.1 Å². The second kappa shape index (κ2) is 9.87. The Balaban J connectivity index is 1.39. The molecule has 38 heavy (non-hydrogen) atoms. The summed E-state index contributed by atoms with van der Waals surface area (Å²) in [5.41, 5.74) is 1.34. The molecule has 3 unspecified atom stereocenters. The minimum Gasteiger partial charge on any atom is -0.487 e. The van der Waals surface area contributed by atoms with Gasteiger partial charge in [-0.15, -0.1) is 0 Å². The lowest BCUT2D eigenvalue weighted by molar-refractivity contribution is -0.199. The van der Waals surface area contributed by atoms with Crippen molar-refractivity contribution in [3.8, 4) is 11.6 Å². The third kappa shape index (κ3) is 4.93. The van der Waals surface area contributed by atoms with Crippen molar-refractivity contribution in [3.63, 3.8) is 0 Å². The van der Waals surface area contributed by atoms with Gasteiger partial charge in [-0.25, -0.2) is 9.78 Å². The highest BCUT2D eigenvalue weighted by atomic mass is 16.7. The Hall–Kier alpha value is -2.58. The molecule has 4 aliphatic rings. The van der Waals surface area contributed by atoms with Crippen LogP contribution in [-0.2, 0) is 27.1 Å². The first-order valence-electron chi connectivity index (χ1n) is 13.7. The minimum atomic E-state index is -0.680. The largest absolute Gasteiger partial charge is 0.487 e. The van der Waals surface area contributed by atoms with Crippen LogP contribution in [0.5, 0.6) is 11.6 Å². The first-order valence-corrected chi connectivity index (χ1v) is 13.7. The number of esters is 1. The van der Waals surface area contributed by atoms with Crippen LogP contribution in [0.4, 0.5) is 0 Å². The fourth-order valence-electron chi connectivity index (χ4n) is 6.60. The number of pyridine rings is 1. The summed E-state index contributed by atoms with van der Waals surface area (Å²) in [6.45, 7) is 12.7. The second-order valence-corrected chi connectivity index (χ2v) is 12.7. The zero-order valence-electron chi connectivity index (χ0n) is 23.7. The molecule has 0 amide bonds. The van der Waals surface area contributed by atoms with E-state index in [1.807, 2.05) is 51.1 Å². The third-order valence-corrected chi connectivity index (χ3v) is 8.74. The van der Waals surface area contributed by atoms with E-state index < -0.39 is 11.6 Å². The molecule has 0 radical (unpaired) electrons. The molecule has 4 atom stereocenters. The summed E-state index contributed by atoms with van der Waals surface area (Å²) in [6.07, 6.45) is 5.32. The molecule has 1 saturated heterocycles. The molecule has 2 aromatic rings. The summed E-state index contributed by atoms with van der Waals surface area (Å²) >= 11 is 0. The van der Waals surface area contributed by atoms with Gasteiger partial charge < -0.3 is 23.5 Å². The lowest BCUT2D eigenvalue weighted by Crippen LogP contribution is -2.65. The van der Waals surface area contributed by atoms with Gasteiger partial charge in [-0.2, -0.15) is 0 Å². The van der Waals surface area contributed by atoms with Gasteiger partial charge in [0.15, 0.2) is 5.56 Å².